The minimum atomic E-state index is -0.539. The van der Waals surface area contributed by atoms with E-state index in [2.05, 4.69) is 9.97 Å². The Labute approximate surface area is 106 Å². The Morgan fingerprint density at radius 1 is 1.12 bits per heavy atom. The number of hydrogen-bond acceptors (Lipinski definition) is 3. The molecule has 0 aliphatic heterocycles. The van der Waals surface area contributed by atoms with Crippen molar-refractivity contribution in [1.29, 1.82) is 0 Å². The number of rotatable bonds is 2. The van der Waals surface area contributed by atoms with E-state index in [0.717, 1.165) is 11.3 Å². The summed E-state index contributed by atoms with van der Waals surface area (Å²) in [6.07, 6.45) is 1.72. The third-order valence-corrected chi connectivity index (χ3v) is 2.62. The molecular weight excluding hydrogens is 234 g/mol. The third-order valence-electron chi connectivity index (χ3n) is 2.37. The summed E-state index contributed by atoms with van der Waals surface area (Å²) in [6, 6.07) is 9.40. The van der Waals surface area contributed by atoms with Gasteiger partial charge in [0.25, 0.3) is 0 Å². The number of nitrogens with zero attached hydrogens (tertiary/aromatic N) is 2. The Kier molecular flexibility index (Phi) is 3.13. The van der Waals surface area contributed by atoms with Crippen LogP contribution in [-0.2, 0) is 5.54 Å². The Morgan fingerprint density at radius 2 is 1.76 bits per heavy atom. The van der Waals surface area contributed by atoms with Crippen LogP contribution >= 0.6 is 11.6 Å². The molecule has 4 heteroatoms. The Balaban J connectivity index is 2.43. The molecule has 0 bridgehead atoms. The minimum Gasteiger partial charge on any atom is -0.319 e. The van der Waals surface area contributed by atoms with Crippen molar-refractivity contribution in [3.63, 3.8) is 0 Å². The predicted octanol–water partition coefficient (Wildman–Crippen LogP) is 2.99. The lowest BCUT2D eigenvalue weighted by Crippen LogP contribution is -2.31. The van der Waals surface area contributed by atoms with Crippen LogP contribution in [0, 0.1) is 0 Å². The Morgan fingerprint density at radius 3 is 2.35 bits per heavy atom. The molecule has 88 valence electrons. The van der Waals surface area contributed by atoms with Gasteiger partial charge in [-0.15, -0.1) is 0 Å². The summed E-state index contributed by atoms with van der Waals surface area (Å²) in [4.78, 5) is 8.66. The quantitative estimate of drug-likeness (QED) is 0.888. The van der Waals surface area contributed by atoms with Crippen LogP contribution in [-0.4, -0.2) is 9.97 Å². The van der Waals surface area contributed by atoms with Crippen molar-refractivity contribution in [1.82, 2.24) is 9.97 Å². The van der Waals surface area contributed by atoms with Gasteiger partial charge < -0.3 is 5.73 Å². The van der Waals surface area contributed by atoms with E-state index in [0.29, 0.717) is 10.8 Å². The second kappa shape index (κ2) is 4.43. The molecular formula is C13H14ClN3. The van der Waals surface area contributed by atoms with Crippen LogP contribution in [0.15, 0.2) is 36.5 Å². The van der Waals surface area contributed by atoms with Gasteiger partial charge in [-0.25, -0.2) is 9.97 Å². The average Bonchev–Trinajstić information content (AvgIpc) is 2.29. The van der Waals surface area contributed by atoms with Gasteiger partial charge >= 0.3 is 0 Å². The SMILES string of the molecule is CC(C)(N)c1nccc(-c2ccc(Cl)cc2)n1. The third kappa shape index (κ3) is 2.81. The molecule has 0 spiro atoms. The van der Waals surface area contributed by atoms with E-state index < -0.39 is 5.54 Å². The molecule has 0 saturated heterocycles. The fourth-order valence-corrected chi connectivity index (χ4v) is 1.58. The zero-order valence-electron chi connectivity index (χ0n) is 9.81. The summed E-state index contributed by atoms with van der Waals surface area (Å²) in [7, 11) is 0. The van der Waals surface area contributed by atoms with Crippen LogP contribution in [0.25, 0.3) is 11.3 Å². The van der Waals surface area contributed by atoms with Crippen molar-refractivity contribution >= 4 is 11.6 Å². The van der Waals surface area contributed by atoms with Gasteiger partial charge in [0.15, 0.2) is 0 Å². The summed E-state index contributed by atoms with van der Waals surface area (Å²) in [6.45, 7) is 3.77. The first kappa shape index (κ1) is 12.0. The maximum Gasteiger partial charge on any atom is 0.148 e. The number of aromatic nitrogens is 2. The van der Waals surface area contributed by atoms with Gasteiger partial charge in [0.05, 0.1) is 11.2 Å². The van der Waals surface area contributed by atoms with Crippen LogP contribution in [0.4, 0.5) is 0 Å². The number of nitrogens with two attached hydrogens (primary N) is 1. The molecule has 0 aliphatic rings. The van der Waals surface area contributed by atoms with Gasteiger partial charge in [0, 0.05) is 16.8 Å². The van der Waals surface area contributed by atoms with Gasteiger partial charge in [0.1, 0.15) is 5.82 Å². The highest BCUT2D eigenvalue weighted by Gasteiger charge is 2.17. The highest BCUT2D eigenvalue weighted by Crippen LogP contribution is 2.21. The molecule has 0 fully saturated rings. The molecule has 2 aromatic rings. The smallest absolute Gasteiger partial charge is 0.148 e. The van der Waals surface area contributed by atoms with E-state index in [4.69, 9.17) is 17.3 Å². The molecule has 0 unspecified atom stereocenters. The fraction of sp³-hybridized carbons (Fsp3) is 0.231. The number of benzene rings is 1. The van der Waals surface area contributed by atoms with E-state index in [1.165, 1.54) is 0 Å². The summed E-state index contributed by atoms with van der Waals surface area (Å²) in [5.74, 6) is 0.630. The fourth-order valence-electron chi connectivity index (χ4n) is 1.45. The van der Waals surface area contributed by atoms with E-state index in [1.54, 1.807) is 6.20 Å². The zero-order chi connectivity index (χ0) is 12.5. The molecule has 3 nitrogen and oxygen atoms in total. The van der Waals surface area contributed by atoms with Crippen LogP contribution in [0.3, 0.4) is 0 Å². The van der Waals surface area contributed by atoms with Crippen LogP contribution in [0.2, 0.25) is 5.02 Å². The van der Waals surface area contributed by atoms with Crippen molar-refractivity contribution in [3.05, 3.63) is 47.4 Å². The summed E-state index contributed by atoms with van der Waals surface area (Å²) in [5.41, 5.74) is 7.30. The molecule has 1 aromatic carbocycles. The first-order valence-electron chi connectivity index (χ1n) is 5.35. The van der Waals surface area contributed by atoms with Crippen LogP contribution < -0.4 is 5.73 Å². The first-order valence-corrected chi connectivity index (χ1v) is 5.73. The molecule has 0 radical (unpaired) electrons. The number of halogens is 1. The monoisotopic (exact) mass is 247 g/mol. The van der Waals surface area contributed by atoms with Crippen molar-refractivity contribution < 1.29 is 0 Å². The summed E-state index contributed by atoms with van der Waals surface area (Å²) in [5, 5.41) is 0.710. The molecule has 0 amide bonds. The van der Waals surface area contributed by atoms with Gasteiger partial charge in [0.2, 0.25) is 0 Å². The minimum absolute atomic E-state index is 0.539. The maximum atomic E-state index is 5.98. The lowest BCUT2D eigenvalue weighted by molar-refractivity contribution is 0.514. The number of hydrogen-bond donors (Lipinski definition) is 1. The standard InChI is InChI=1S/C13H14ClN3/c1-13(2,15)12-16-8-7-11(17-12)9-3-5-10(14)6-4-9/h3-8H,15H2,1-2H3. The highest BCUT2D eigenvalue weighted by molar-refractivity contribution is 6.30. The molecule has 1 heterocycles. The molecule has 0 atom stereocenters. The average molecular weight is 248 g/mol. The normalized spacial score (nSPS) is 11.5. The Bertz CT molecular complexity index is 515. The Hall–Kier alpha value is -1.45. The van der Waals surface area contributed by atoms with Crippen molar-refractivity contribution in [2.45, 2.75) is 19.4 Å². The highest BCUT2D eigenvalue weighted by atomic mass is 35.5. The van der Waals surface area contributed by atoms with Gasteiger partial charge in [-0.05, 0) is 32.0 Å². The predicted molar refractivity (Wildman–Crippen MR) is 69.7 cm³/mol. The largest absolute Gasteiger partial charge is 0.319 e. The van der Waals surface area contributed by atoms with Gasteiger partial charge in [-0.2, -0.15) is 0 Å². The van der Waals surface area contributed by atoms with E-state index >= 15 is 0 Å². The van der Waals surface area contributed by atoms with Gasteiger partial charge in [-0.1, -0.05) is 23.7 Å². The topological polar surface area (TPSA) is 51.8 Å². The first-order chi connectivity index (χ1) is 7.97. The second-order valence-corrected chi connectivity index (χ2v) is 4.93. The molecule has 1 aromatic heterocycles. The van der Waals surface area contributed by atoms with Crippen molar-refractivity contribution in [3.8, 4) is 11.3 Å². The zero-order valence-corrected chi connectivity index (χ0v) is 10.6. The van der Waals surface area contributed by atoms with Gasteiger partial charge in [-0.3, -0.25) is 0 Å². The molecule has 2 N–H and O–H groups in total. The summed E-state index contributed by atoms with van der Waals surface area (Å²) >= 11 is 5.85. The lowest BCUT2D eigenvalue weighted by Gasteiger charge is -2.16. The lowest BCUT2D eigenvalue weighted by atomic mass is 10.1. The van der Waals surface area contributed by atoms with E-state index in [-0.39, 0.29) is 0 Å². The van der Waals surface area contributed by atoms with Crippen LogP contribution in [0.1, 0.15) is 19.7 Å². The second-order valence-electron chi connectivity index (χ2n) is 4.49. The molecule has 2 rings (SSSR count). The maximum absolute atomic E-state index is 5.98. The van der Waals surface area contributed by atoms with Crippen molar-refractivity contribution in [2.75, 3.05) is 0 Å². The van der Waals surface area contributed by atoms with Crippen molar-refractivity contribution in [2.24, 2.45) is 5.73 Å². The van der Waals surface area contributed by atoms with E-state index in [1.807, 2.05) is 44.2 Å². The summed E-state index contributed by atoms with van der Waals surface area (Å²) < 4.78 is 0. The molecule has 0 saturated carbocycles. The van der Waals surface area contributed by atoms with Crippen LogP contribution in [0.5, 0.6) is 0 Å². The molecule has 0 aliphatic carbocycles. The van der Waals surface area contributed by atoms with E-state index in [9.17, 15) is 0 Å². The molecule has 17 heavy (non-hydrogen) atoms.